The molecule has 1 fully saturated rings. The number of hydrogen-bond donors (Lipinski definition) is 1. The van der Waals surface area contributed by atoms with Crippen LogP contribution in [0.4, 0.5) is 10.5 Å². The van der Waals surface area contributed by atoms with E-state index in [9.17, 15) is 4.79 Å². The van der Waals surface area contributed by atoms with Crippen LogP contribution in [0.1, 0.15) is 45.7 Å². The molecule has 5 heteroatoms. The summed E-state index contributed by atoms with van der Waals surface area (Å²) in [5.74, 6) is 0. The maximum absolute atomic E-state index is 12.3. The standard InChI is InChI=1S/C17H27N3O2/c1-13-8-9-14(11-18-13)19-12-15-7-5-6-10-20(15)16(21)22-17(2,3)4/h8-9,11,15,19H,5-7,10,12H2,1-4H3. The van der Waals surface area contributed by atoms with Crippen molar-refractivity contribution in [2.75, 3.05) is 18.4 Å². The molecule has 1 aromatic rings. The van der Waals surface area contributed by atoms with Crippen molar-refractivity contribution >= 4 is 11.8 Å². The number of hydrogen-bond acceptors (Lipinski definition) is 4. The summed E-state index contributed by atoms with van der Waals surface area (Å²) in [6.07, 6.45) is 4.82. The number of carbonyl (C=O) groups excluding carboxylic acids is 1. The predicted octanol–water partition coefficient (Wildman–Crippen LogP) is 3.59. The number of rotatable bonds is 3. The van der Waals surface area contributed by atoms with E-state index in [0.29, 0.717) is 0 Å². The number of ether oxygens (including phenoxy) is 1. The largest absolute Gasteiger partial charge is 0.444 e. The molecule has 1 saturated heterocycles. The molecule has 1 aliphatic rings. The third-order valence-corrected chi connectivity index (χ3v) is 3.71. The van der Waals surface area contributed by atoms with E-state index < -0.39 is 5.60 Å². The summed E-state index contributed by atoms with van der Waals surface area (Å²) in [5, 5.41) is 3.38. The first kappa shape index (κ1) is 16.6. The first-order valence-electron chi connectivity index (χ1n) is 8.01. The van der Waals surface area contributed by atoms with Crippen molar-refractivity contribution in [1.82, 2.24) is 9.88 Å². The Balaban J connectivity index is 1.94. The van der Waals surface area contributed by atoms with Gasteiger partial charge in [0.1, 0.15) is 5.60 Å². The molecule has 0 aliphatic carbocycles. The molecule has 0 bridgehead atoms. The van der Waals surface area contributed by atoms with Crippen LogP contribution in [0, 0.1) is 6.92 Å². The van der Waals surface area contributed by atoms with Gasteiger partial charge in [-0.2, -0.15) is 0 Å². The van der Waals surface area contributed by atoms with Crippen LogP contribution in [0.2, 0.25) is 0 Å². The SMILES string of the molecule is Cc1ccc(NCC2CCCCN2C(=O)OC(C)(C)C)cn1. The maximum Gasteiger partial charge on any atom is 0.410 e. The van der Waals surface area contributed by atoms with E-state index in [0.717, 1.165) is 43.7 Å². The van der Waals surface area contributed by atoms with Crippen molar-refractivity contribution in [2.24, 2.45) is 0 Å². The molecular weight excluding hydrogens is 278 g/mol. The molecule has 0 saturated carbocycles. The van der Waals surface area contributed by atoms with Gasteiger partial charge in [-0.25, -0.2) is 4.79 Å². The molecule has 1 N–H and O–H groups in total. The van der Waals surface area contributed by atoms with Crippen molar-refractivity contribution in [1.29, 1.82) is 0 Å². The van der Waals surface area contributed by atoms with Gasteiger partial charge >= 0.3 is 6.09 Å². The average Bonchev–Trinajstić information content (AvgIpc) is 2.45. The fourth-order valence-electron chi connectivity index (χ4n) is 2.58. The van der Waals surface area contributed by atoms with Crippen LogP contribution in [-0.2, 0) is 4.74 Å². The number of carbonyl (C=O) groups is 1. The van der Waals surface area contributed by atoms with E-state index in [1.165, 1.54) is 0 Å². The van der Waals surface area contributed by atoms with E-state index in [1.807, 2.05) is 50.9 Å². The summed E-state index contributed by atoms with van der Waals surface area (Å²) >= 11 is 0. The van der Waals surface area contributed by atoms with Gasteiger partial charge < -0.3 is 15.0 Å². The quantitative estimate of drug-likeness (QED) is 0.927. The van der Waals surface area contributed by atoms with Crippen LogP contribution >= 0.6 is 0 Å². The van der Waals surface area contributed by atoms with Crippen LogP contribution in [0.3, 0.4) is 0 Å². The summed E-state index contributed by atoms with van der Waals surface area (Å²) in [6, 6.07) is 4.17. The summed E-state index contributed by atoms with van der Waals surface area (Å²) in [5.41, 5.74) is 1.53. The van der Waals surface area contributed by atoms with Crippen LogP contribution in [0.15, 0.2) is 18.3 Å². The summed E-state index contributed by atoms with van der Waals surface area (Å²) in [4.78, 5) is 18.5. The Labute approximate surface area is 133 Å². The number of amides is 1. The highest BCUT2D eigenvalue weighted by molar-refractivity contribution is 5.68. The normalized spacial score (nSPS) is 18.9. The van der Waals surface area contributed by atoms with Gasteiger partial charge in [0.15, 0.2) is 0 Å². The van der Waals surface area contributed by atoms with Crippen LogP contribution in [0.25, 0.3) is 0 Å². The second-order valence-corrected chi connectivity index (χ2v) is 6.89. The van der Waals surface area contributed by atoms with E-state index in [4.69, 9.17) is 4.74 Å². The van der Waals surface area contributed by atoms with Crippen LogP contribution in [0.5, 0.6) is 0 Å². The molecule has 5 nitrogen and oxygen atoms in total. The lowest BCUT2D eigenvalue weighted by atomic mass is 10.0. The lowest BCUT2D eigenvalue weighted by Crippen LogP contribution is -2.48. The monoisotopic (exact) mass is 305 g/mol. The highest BCUT2D eigenvalue weighted by Crippen LogP contribution is 2.21. The molecule has 1 unspecified atom stereocenters. The smallest absolute Gasteiger partial charge is 0.410 e. The summed E-state index contributed by atoms with van der Waals surface area (Å²) < 4.78 is 5.52. The fraction of sp³-hybridized carbons (Fsp3) is 0.647. The van der Waals surface area contributed by atoms with Crippen LogP contribution in [-0.4, -0.2) is 40.7 Å². The molecule has 0 aromatic carbocycles. The van der Waals surface area contributed by atoms with Gasteiger partial charge in [-0.15, -0.1) is 0 Å². The van der Waals surface area contributed by atoms with E-state index in [1.54, 1.807) is 0 Å². The Morgan fingerprint density at radius 3 is 2.82 bits per heavy atom. The number of pyridine rings is 1. The zero-order chi connectivity index (χ0) is 16.2. The highest BCUT2D eigenvalue weighted by atomic mass is 16.6. The molecule has 22 heavy (non-hydrogen) atoms. The number of aryl methyl sites for hydroxylation is 1. The molecule has 1 aliphatic heterocycles. The minimum absolute atomic E-state index is 0.171. The molecular formula is C17H27N3O2. The number of anilines is 1. The molecule has 0 spiro atoms. The molecule has 0 radical (unpaired) electrons. The van der Waals surface area contributed by atoms with Gasteiger partial charge in [0.25, 0.3) is 0 Å². The molecule has 1 aromatic heterocycles. The second-order valence-electron chi connectivity index (χ2n) is 6.89. The van der Waals surface area contributed by atoms with E-state index >= 15 is 0 Å². The van der Waals surface area contributed by atoms with Crippen molar-refractivity contribution in [3.05, 3.63) is 24.0 Å². The number of likely N-dealkylation sites (tertiary alicyclic amines) is 1. The Morgan fingerprint density at radius 2 is 2.18 bits per heavy atom. The number of nitrogens with one attached hydrogen (secondary N) is 1. The van der Waals surface area contributed by atoms with Crippen molar-refractivity contribution in [3.8, 4) is 0 Å². The summed E-state index contributed by atoms with van der Waals surface area (Å²) in [7, 11) is 0. The van der Waals surface area contributed by atoms with Crippen molar-refractivity contribution < 1.29 is 9.53 Å². The Bertz CT molecular complexity index is 494. The van der Waals surface area contributed by atoms with Crippen molar-refractivity contribution in [2.45, 2.75) is 58.6 Å². The first-order chi connectivity index (χ1) is 10.3. The number of piperidine rings is 1. The molecule has 2 rings (SSSR count). The molecule has 2 heterocycles. The summed E-state index contributed by atoms with van der Waals surface area (Å²) in [6.45, 7) is 9.17. The second kappa shape index (κ2) is 6.99. The number of aromatic nitrogens is 1. The lowest BCUT2D eigenvalue weighted by molar-refractivity contribution is 0.0114. The minimum atomic E-state index is -0.451. The Kier molecular flexibility index (Phi) is 5.27. The third kappa shape index (κ3) is 4.90. The van der Waals surface area contributed by atoms with Crippen molar-refractivity contribution in [3.63, 3.8) is 0 Å². The minimum Gasteiger partial charge on any atom is -0.444 e. The predicted molar refractivity (Wildman–Crippen MR) is 88.0 cm³/mol. The van der Waals surface area contributed by atoms with Gasteiger partial charge in [-0.05, 0) is 59.1 Å². The van der Waals surface area contributed by atoms with Gasteiger partial charge in [0.2, 0.25) is 0 Å². The average molecular weight is 305 g/mol. The lowest BCUT2D eigenvalue weighted by Gasteiger charge is -2.37. The molecule has 122 valence electrons. The highest BCUT2D eigenvalue weighted by Gasteiger charge is 2.30. The van der Waals surface area contributed by atoms with Gasteiger partial charge in [-0.1, -0.05) is 0 Å². The molecule has 1 amide bonds. The fourth-order valence-corrected chi connectivity index (χ4v) is 2.58. The van der Waals surface area contributed by atoms with Gasteiger partial charge in [0.05, 0.1) is 17.9 Å². The molecule has 1 atom stereocenters. The Hall–Kier alpha value is -1.78. The van der Waals surface area contributed by atoms with Gasteiger partial charge in [-0.3, -0.25) is 4.98 Å². The number of nitrogens with zero attached hydrogens (tertiary/aromatic N) is 2. The third-order valence-electron chi connectivity index (χ3n) is 3.71. The zero-order valence-electron chi connectivity index (χ0n) is 14.1. The van der Waals surface area contributed by atoms with Gasteiger partial charge in [0, 0.05) is 18.8 Å². The van der Waals surface area contributed by atoms with E-state index in [-0.39, 0.29) is 12.1 Å². The zero-order valence-corrected chi connectivity index (χ0v) is 14.1. The topological polar surface area (TPSA) is 54.5 Å². The van der Waals surface area contributed by atoms with E-state index in [2.05, 4.69) is 10.3 Å². The van der Waals surface area contributed by atoms with Crippen LogP contribution < -0.4 is 5.32 Å². The maximum atomic E-state index is 12.3. The Morgan fingerprint density at radius 1 is 1.41 bits per heavy atom. The first-order valence-corrected chi connectivity index (χ1v) is 8.01.